The predicted octanol–water partition coefficient (Wildman–Crippen LogP) is 2.78. The summed E-state index contributed by atoms with van der Waals surface area (Å²) in [6, 6.07) is 0. The van der Waals surface area contributed by atoms with E-state index in [1.807, 2.05) is 20.8 Å². The van der Waals surface area contributed by atoms with E-state index in [1.54, 1.807) is 0 Å². The highest BCUT2D eigenvalue weighted by atomic mass is 16.6. The van der Waals surface area contributed by atoms with Gasteiger partial charge in [0.15, 0.2) is 5.96 Å². The van der Waals surface area contributed by atoms with Crippen LogP contribution in [0.25, 0.3) is 0 Å². The van der Waals surface area contributed by atoms with Crippen LogP contribution < -0.4 is 16.4 Å². The summed E-state index contributed by atoms with van der Waals surface area (Å²) in [6.45, 7) is 9.89. The molecule has 6 heteroatoms. The van der Waals surface area contributed by atoms with Crippen molar-refractivity contribution in [3.63, 3.8) is 0 Å². The smallest absolute Gasteiger partial charge is 0.407 e. The zero-order valence-electron chi connectivity index (χ0n) is 14.7. The van der Waals surface area contributed by atoms with Gasteiger partial charge in [-0.05, 0) is 40.0 Å². The number of carbonyl (C=O) groups is 1. The van der Waals surface area contributed by atoms with Gasteiger partial charge >= 0.3 is 6.09 Å². The fourth-order valence-corrected chi connectivity index (χ4v) is 1.77. The minimum absolute atomic E-state index is 0.367. The standard InChI is InChI=1S/C16H34N4O2/c1-5-6-7-8-11-18-14(17)19-12-9-10-13-20-15(21)22-16(2,3)4/h5-13H2,1-4H3,(H,20,21)(H3,17,18,19). The van der Waals surface area contributed by atoms with E-state index >= 15 is 0 Å². The molecule has 22 heavy (non-hydrogen) atoms. The van der Waals surface area contributed by atoms with Crippen LogP contribution in [0.1, 0.15) is 66.2 Å². The molecule has 0 saturated heterocycles. The van der Waals surface area contributed by atoms with E-state index < -0.39 is 5.60 Å². The lowest BCUT2D eigenvalue weighted by Gasteiger charge is -2.19. The van der Waals surface area contributed by atoms with E-state index in [4.69, 9.17) is 10.5 Å². The Labute approximate surface area is 135 Å². The summed E-state index contributed by atoms with van der Waals surface area (Å²) in [5.74, 6) is 0.511. The largest absolute Gasteiger partial charge is 0.444 e. The molecule has 0 fully saturated rings. The van der Waals surface area contributed by atoms with Crippen molar-refractivity contribution in [3.8, 4) is 0 Å². The first kappa shape index (κ1) is 20.5. The molecule has 0 unspecified atom stereocenters. The highest BCUT2D eigenvalue weighted by Gasteiger charge is 2.15. The number of guanidine groups is 1. The number of carbonyl (C=O) groups excluding carboxylic acids is 1. The molecule has 0 aromatic heterocycles. The molecule has 0 heterocycles. The number of nitrogens with two attached hydrogens (primary N) is 1. The van der Waals surface area contributed by atoms with E-state index in [9.17, 15) is 4.79 Å². The Kier molecular flexibility index (Phi) is 11.3. The van der Waals surface area contributed by atoms with Gasteiger partial charge in [0.1, 0.15) is 5.60 Å². The van der Waals surface area contributed by atoms with Gasteiger partial charge in [-0.3, -0.25) is 4.99 Å². The minimum atomic E-state index is -0.451. The molecule has 1 amide bonds. The molecule has 0 spiro atoms. The molecule has 0 aliphatic rings. The molecule has 0 aliphatic heterocycles. The Morgan fingerprint density at radius 2 is 1.68 bits per heavy atom. The molecule has 0 bridgehead atoms. The Hall–Kier alpha value is -1.46. The molecular weight excluding hydrogens is 280 g/mol. The number of aliphatic imine (C=N–C) groups is 1. The van der Waals surface area contributed by atoms with Crippen molar-refractivity contribution >= 4 is 12.1 Å². The molecule has 0 radical (unpaired) electrons. The Bertz CT molecular complexity index is 325. The maximum absolute atomic E-state index is 11.4. The van der Waals surface area contributed by atoms with Crippen LogP contribution in [0.4, 0.5) is 4.79 Å². The molecule has 0 rings (SSSR count). The van der Waals surface area contributed by atoms with Gasteiger partial charge in [-0.2, -0.15) is 0 Å². The zero-order valence-corrected chi connectivity index (χ0v) is 14.7. The average Bonchev–Trinajstić information content (AvgIpc) is 2.40. The first-order chi connectivity index (χ1) is 10.3. The maximum atomic E-state index is 11.4. The van der Waals surface area contributed by atoms with Crippen molar-refractivity contribution < 1.29 is 9.53 Å². The van der Waals surface area contributed by atoms with Crippen molar-refractivity contribution in [1.82, 2.24) is 10.6 Å². The molecule has 130 valence electrons. The highest BCUT2D eigenvalue weighted by Crippen LogP contribution is 2.06. The SMILES string of the molecule is CCCCCCN=C(N)NCCCCNC(=O)OC(C)(C)C. The van der Waals surface area contributed by atoms with E-state index in [0.717, 1.165) is 32.4 Å². The third-order valence-electron chi connectivity index (χ3n) is 2.87. The minimum Gasteiger partial charge on any atom is -0.444 e. The van der Waals surface area contributed by atoms with Gasteiger partial charge in [0.2, 0.25) is 0 Å². The summed E-state index contributed by atoms with van der Waals surface area (Å²) >= 11 is 0. The van der Waals surface area contributed by atoms with Crippen molar-refractivity contribution in [1.29, 1.82) is 0 Å². The molecule has 0 aliphatic carbocycles. The summed E-state index contributed by atoms with van der Waals surface area (Å²) < 4.78 is 5.15. The van der Waals surface area contributed by atoms with E-state index in [-0.39, 0.29) is 6.09 Å². The quantitative estimate of drug-likeness (QED) is 0.329. The number of unbranched alkanes of at least 4 members (excludes halogenated alkanes) is 4. The number of hydrogen-bond acceptors (Lipinski definition) is 3. The summed E-state index contributed by atoms with van der Waals surface area (Å²) in [5, 5.41) is 5.81. The Balaban J connectivity index is 3.48. The van der Waals surface area contributed by atoms with Crippen LogP contribution in [0.5, 0.6) is 0 Å². The van der Waals surface area contributed by atoms with Gasteiger partial charge in [-0.25, -0.2) is 4.79 Å². The Morgan fingerprint density at radius 1 is 1.05 bits per heavy atom. The predicted molar refractivity (Wildman–Crippen MR) is 92.1 cm³/mol. The van der Waals surface area contributed by atoms with Gasteiger partial charge in [0.05, 0.1) is 0 Å². The first-order valence-corrected chi connectivity index (χ1v) is 8.36. The Morgan fingerprint density at radius 3 is 2.27 bits per heavy atom. The van der Waals surface area contributed by atoms with Gasteiger partial charge in [-0.15, -0.1) is 0 Å². The van der Waals surface area contributed by atoms with Crippen LogP contribution in [0.3, 0.4) is 0 Å². The first-order valence-electron chi connectivity index (χ1n) is 8.36. The monoisotopic (exact) mass is 314 g/mol. The van der Waals surface area contributed by atoms with E-state index in [0.29, 0.717) is 12.5 Å². The molecular formula is C16H34N4O2. The number of ether oxygens (including phenoxy) is 1. The number of nitrogens with zero attached hydrogens (tertiary/aromatic N) is 1. The molecule has 0 aromatic carbocycles. The zero-order chi connectivity index (χ0) is 16.8. The lowest BCUT2D eigenvalue weighted by molar-refractivity contribution is 0.0527. The number of nitrogens with one attached hydrogen (secondary N) is 2. The van der Waals surface area contributed by atoms with E-state index in [1.165, 1.54) is 19.3 Å². The number of amides is 1. The topological polar surface area (TPSA) is 88.7 Å². The van der Waals surface area contributed by atoms with Crippen LogP contribution >= 0.6 is 0 Å². The maximum Gasteiger partial charge on any atom is 0.407 e. The number of rotatable bonds is 10. The third kappa shape index (κ3) is 14.9. The fourth-order valence-electron chi connectivity index (χ4n) is 1.77. The second kappa shape index (κ2) is 12.1. The summed E-state index contributed by atoms with van der Waals surface area (Å²) in [5.41, 5.74) is 5.32. The number of hydrogen-bond donors (Lipinski definition) is 3. The van der Waals surface area contributed by atoms with Crippen LogP contribution in [-0.4, -0.2) is 37.3 Å². The highest BCUT2D eigenvalue weighted by molar-refractivity contribution is 5.77. The van der Waals surface area contributed by atoms with Gasteiger partial charge < -0.3 is 21.1 Å². The van der Waals surface area contributed by atoms with Gasteiger partial charge in [-0.1, -0.05) is 26.2 Å². The molecule has 6 nitrogen and oxygen atoms in total. The van der Waals surface area contributed by atoms with Crippen LogP contribution in [0.2, 0.25) is 0 Å². The summed E-state index contributed by atoms with van der Waals surface area (Å²) in [6.07, 6.45) is 6.22. The average molecular weight is 314 g/mol. The second-order valence-electron chi connectivity index (χ2n) is 6.39. The van der Waals surface area contributed by atoms with E-state index in [2.05, 4.69) is 22.5 Å². The fraction of sp³-hybridized carbons (Fsp3) is 0.875. The normalized spacial score (nSPS) is 12.1. The summed E-state index contributed by atoms with van der Waals surface area (Å²) in [7, 11) is 0. The van der Waals surface area contributed by atoms with Crippen LogP contribution in [-0.2, 0) is 4.74 Å². The van der Waals surface area contributed by atoms with Gasteiger partial charge in [0.25, 0.3) is 0 Å². The molecule has 0 saturated carbocycles. The van der Waals surface area contributed by atoms with Crippen LogP contribution in [0.15, 0.2) is 4.99 Å². The molecule has 0 atom stereocenters. The lowest BCUT2D eigenvalue weighted by atomic mass is 10.2. The molecule has 4 N–H and O–H groups in total. The van der Waals surface area contributed by atoms with Crippen molar-refractivity contribution in [2.24, 2.45) is 10.7 Å². The molecule has 0 aromatic rings. The lowest BCUT2D eigenvalue weighted by Crippen LogP contribution is -2.34. The van der Waals surface area contributed by atoms with Crippen molar-refractivity contribution in [2.45, 2.75) is 71.8 Å². The van der Waals surface area contributed by atoms with Crippen LogP contribution in [0, 0.1) is 0 Å². The number of alkyl carbamates (subject to hydrolysis) is 1. The van der Waals surface area contributed by atoms with Gasteiger partial charge in [0, 0.05) is 19.6 Å². The van der Waals surface area contributed by atoms with Crippen molar-refractivity contribution in [2.75, 3.05) is 19.6 Å². The van der Waals surface area contributed by atoms with Crippen molar-refractivity contribution in [3.05, 3.63) is 0 Å². The summed E-state index contributed by atoms with van der Waals surface area (Å²) in [4.78, 5) is 15.7. The third-order valence-corrected chi connectivity index (χ3v) is 2.87. The second-order valence-corrected chi connectivity index (χ2v) is 6.39.